The van der Waals surface area contributed by atoms with Gasteiger partial charge in [0.05, 0.1) is 17.5 Å². The number of piperidine rings is 1. The van der Waals surface area contributed by atoms with Crippen molar-refractivity contribution in [2.45, 2.75) is 84.5 Å². The van der Waals surface area contributed by atoms with Crippen LogP contribution in [0.25, 0.3) is 5.69 Å². The van der Waals surface area contributed by atoms with Gasteiger partial charge in [-0.1, -0.05) is 27.2 Å². The van der Waals surface area contributed by atoms with Crippen molar-refractivity contribution >= 4 is 42.5 Å². The molecule has 3 heterocycles. The molecule has 12 heteroatoms. The minimum absolute atomic E-state index is 0. The van der Waals surface area contributed by atoms with Gasteiger partial charge in [0.25, 0.3) is 5.91 Å². The average Bonchev–Trinajstić information content (AvgIpc) is 3.23. The molecule has 4 rings (SSSR count). The zero-order chi connectivity index (χ0) is 29.2. The molecule has 1 aromatic carbocycles. The first kappa shape index (κ1) is 35.5. The molecular formula is C30H46Cl2N6O4. The fraction of sp³-hybridized carbons (Fsp3) is 0.600. The van der Waals surface area contributed by atoms with E-state index in [0.29, 0.717) is 44.6 Å². The molecule has 0 bridgehead atoms. The maximum atomic E-state index is 13.6. The van der Waals surface area contributed by atoms with Gasteiger partial charge in [0, 0.05) is 50.0 Å². The summed E-state index contributed by atoms with van der Waals surface area (Å²) in [5.74, 6) is -0.581. The first-order valence-corrected chi connectivity index (χ1v) is 14.4. The maximum absolute atomic E-state index is 13.6. The number of likely N-dealkylation sites (tertiary alicyclic amines) is 1. The number of amides is 3. The van der Waals surface area contributed by atoms with E-state index in [9.17, 15) is 19.5 Å². The van der Waals surface area contributed by atoms with E-state index in [-0.39, 0.29) is 48.5 Å². The number of aliphatic hydroxyl groups excluding tert-OH is 1. The molecule has 3 N–H and O–H groups in total. The van der Waals surface area contributed by atoms with E-state index in [0.717, 1.165) is 35.5 Å². The van der Waals surface area contributed by atoms with Crippen molar-refractivity contribution < 1.29 is 19.5 Å². The van der Waals surface area contributed by atoms with Crippen LogP contribution in [0.5, 0.6) is 0 Å². The van der Waals surface area contributed by atoms with Crippen LogP contribution < -0.4 is 10.6 Å². The second kappa shape index (κ2) is 14.7. The molecule has 2 fully saturated rings. The lowest BCUT2D eigenvalue weighted by molar-refractivity contribution is -0.165. The Hall–Kier alpha value is -2.66. The molecule has 2 aliphatic heterocycles. The second-order valence-electron chi connectivity index (χ2n) is 11.5. The van der Waals surface area contributed by atoms with Crippen molar-refractivity contribution in [3.05, 3.63) is 46.8 Å². The first-order valence-electron chi connectivity index (χ1n) is 14.4. The minimum atomic E-state index is -0.916. The number of halogens is 2. The van der Waals surface area contributed by atoms with Crippen LogP contribution >= 0.6 is 24.8 Å². The number of rotatable bonds is 9. The molecule has 0 aliphatic carbocycles. The van der Waals surface area contributed by atoms with Gasteiger partial charge in [0.1, 0.15) is 11.6 Å². The van der Waals surface area contributed by atoms with Crippen molar-refractivity contribution in [2.24, 2.45) is 5.92 Å². The van der Waals surface area contributed by atoms with Crippen LogP contribution in [-0.4, -0.2) is 86.8 Å². The van der Waals surface area contributed by atoms with Crippen molar-refractivity contribution in [1.29, 1.82) is 0 Å². The molecule has 1 spiro atoms. The quantitative estimate of drug-likeness (QED) is 0.394. The smallest absolute Gasteiger partial charge is 0.251 e. The molecule has 42 heavy (non-hydrogen) atoms. The largest absolute Gasteiger partial charge is 0.390 e. The summed E-state index contributed by atoms with van der Waals surface area (Å²) in [6.45, 7) is 12.4. The van der Waals surface area contributed by atoms with Gasteiger partial charge >= 0.3 is 0 Å². The van der Waals surface area contributed by atoms with Crippen LogP contribution in [0, 0.1) is 19.8 Å². The van der Waals surface area contributed by atoms with Gasteiger partial charge in [-0.3, -0.25) is 19.3 Å². The summed E-state index contributed by atoms with van der Waals surface area (Å²) >= 11 is 0. The fourth-order valence-electron chi connectivity index (χ4n) is 5.95. The third-order valence-corrected chi connectivity index (χ3v) is 8.63. The number of piperazine rings is 1. The second-order valence-corrected chi connectivity index (χ2v) is 11.5. The Morgan fingerprint density at radius 2 is 1.76 bits per heavy atom. The zero-order valence-electron chi connectivity index (χ0n) is 25.5. The van der Waals surface area contributed by atoms with E-state index in [4.69, 9.17) is 5.10 Å². The Morgan fingerprint density at radius 3 is 2.31 bits per heavy atom. The molecule has 2 aliphatic rings. The van der Waals surface area contributed by atoms with Gasteiger partial charge in [-0.25, -0.2) is 4.68 Å². The first-order chi connectivity index (χ1) is 19.0. The monoisotopic (exact) mass is 624 g/mol. The molecule has 2 atom stereocenters. The highest BCUT2D eigenvalue weighted by atomic mass is 35.5. The van der Waals surface area contributed by atoms with Crippen molar-refractivity contribution in [1.82, 2.24) is 30.2 Å². The molecular weight excluding hydrogens is 579 g/mol. The summed E-state index contributed by atoms with van der Waals surface area (Å²) in [4.78, 5) is 43.2. The van der Waals surface area contributed by atoms with Crippen LogP contribution in [0.1, 0.15) is 73.8 Å². The molecule has 1 aromatic heterocycles. The highest BCUT2D eigenvalue weighted by molar-refractivity contribution is 6.00. The number of carbonyl (C=O) groups is 3. The van der Waals surface area contributed by atoms with Gasteiger partial charge in [-0.2, -0.15) is 5.10 Å². The Morgan fingerprint density at radius 1 is 1.14 bits per heavy atom. The van der Waals surface area contributed by atoms with Crippen molar-refractivity contribution in [2.75, 3.05) is 26.7 Å². The molecule has 0 saturated carbocycles. The van der Waals surface area contributed by atoms with Gasteiger partial charge in [0.15, 0.2) is 0 Å². The van der Waals surface area contributed by atoms with Crippen LogP contribution in [0.3, 0.4) is 0 Å². The SMILES string of the molecule is CCCCN1C(=O)[C@@H]([C@H](O)C(C)C)NC(=O)C12CCN(Cc1c(C)nn(-c3ccc(C(=O)NC)cc3)c1C)CC2.Cl.Cl. The van der Waals surface area contributed by atoms with Crippen LogP contribution in [0.4, 0.5) is 0 Å². The Labute approximate surface area is 261 Å². The maximum Gasteiger partial charge on any atom is 0.251 e. The number of nitrogens with one attached hydrogen (secondary N) is 2. The number of benzene rings is 1. The predicted molar refractivity (Wildman–Crippen MR) is 168 cm³/mol. The predicted octanol–water partition coefficient (Wildman–Crippen LogP) is 3.17. The molecule has 2 aromatic rings. The number of carbonyl (C=O) groups excluding carboxylic acids is 3. The zero-order valence-corrected chi connectivity index (χ0v) is 27.1. The third kappa shape index (κ3) is 6.77. The number of aryl methyl sites for hydroxylation is 1. The summed E-state index contributed by atoms with van der Waals surface area (Å²) < 4.78 is 1.91. The lowest BCUT2D eigenvalue weighted by Crippen LogP contribution is -2.74. The van der Waals surface area contributed by atoms with E-state index in [1.54, 1.807) is 24.1 Å². The Bertz CT molecular complexity index is 1240. The van der Waals surface area contributed by atoms with E-state index in [1.807, 2.05) is 44.5 Å². The average molecular weight is 626 g/mol. The lowest BCUT2D eigenvalue weighted by atomic mass is 9.80. The van der Waals surface area contributed by atoms with Crippen LogP contribution in [-0.2, 0) is 16.1 Å². The van der Waals surface area contributed by atoms with Crippen LogP contribution in [0.15, 0.2) is 24.3 Å². The molecule has 0 radical (unpaired) electrons. The van der Waals surface area contributed by atoms with Gasteiger partial charge in [-0.15, -0.1) is 24.8 Å². The molecule has 10 nitrogen and oxygen atoms in total. The summed E-state index contributed by atoms with van der Waals surface area (Å²) in [5, 5.41) is 21.0. The molecule has 234 valence electrons. The van der Waals surface area contributed by atoms with Crippen molar-refractivity contribution in [3.63, 3.8) is 0 Å². The number of aromatic nitrogens is 2. The standard InChI is InChI=1S/C30H44N6O4.2ClH/c1-7-8-15-35-28(39)25(26(37)19(2)3)32-29(40)30(35)13-16-34(17-14-30)18-24-20(4)33-36(21(24)5)23-11-9-22(10-12-23)27(38)31-6;;/h9-12,19,25-26,37H,7-8,13-18H2,1-6H3,(H,31,38)(H,32,40);2*1H/t25-,26-;;/m1../s1. The molecule has 0 unspecified atom stereocenters. The molecule has 3 amide bonds. The van der Waals surface area contributed by atoms with Crippen molar-refractivity contribution in [3.8, 4) is 5.69 Å². The highest BCUT2D eigenvalue weighted by Gasteiger charge is 2.54. The van der Waals surface area contributed by atoms with E-state index in [2.05, 4.69) is 22.5 Å². The number of hydrogen-bond donors (Lipinski definition) is 3. The Kier molecular flexibility index (Phi) is 12.4. The number of unbranched alkanes of at least 4 members (excludes halogenated alkanes) is 1. The van der Waals surface area contributed by atoms with Crippen LogP contribution in [0.2, 0.25) is 0 Å². The summed E-state index contributed by atoms with van der Waals surface area (Å²) in [7, 11) is 1.61. The lowest BCUT2D eigenvalue weighted by Gasteiger charge is -2.52. The van der Waals surface area contributed by atoms with Gasteiger partial charge in [-0.05, 0) is 63.3 Å². The highest BCUT2D eigenvalue weighted by Crippen LogP contribution is 2.35. The topological polar surface area (TPSA) is 120 Å². The van der Waals surface area contributed by atoms with E-state index >= 15 is 0 Å². The van der Waals surface area contributed by atoms with Gasteiger partial charge in [0.2, 0.25) is 11.8 Å². The fourth-order valence-corrected chi connectivity index (χ4v) is 5.95. The number of aliphatic hydroxyl groups is 1. The summed E-state index contributed by atoms with van der Waals surface area (Å²) in [5.41, 5.74) is 3.72. The van der Waals surface area contributed by atoms with Gasteiger partial charge < -0.3 is 20.6 Å². The molecule has 2 saturated heterocycles. The summed E-state index contributed by atoms with van der Waals surface area (Å²) in [6, 6.07) is 6.48. The van der Waals surface area contributed by atoms with E-state index in [1.165, 1.54) is 0 Å². The normalized spacial score (nSPS) is 19.2. The number of hydrogen-bond acceptors (Lipinski definition) is 6. The van der Waals surface area contributed by atoms with E-state index < -0.39 is 17.7 Å². The third-order valence-electron chi connectivity index (χ3n) is 8.63. The number of nitrogens with zero attached hydrogens (tertiary/aromatic N) is 4. The minimum Gasteiger partial charge on any atom is -0.390 e. The summed E-state index contributed by atoms with van der Waals surface area (Å²) in [6.07, 6.45) is 1.91. The Balaban J connectivity index is 0.00000308.